The van der Waals surface area contributed by atoms with Crippen molar-refractivity contribution in [1.29, 1.82) is 0 Å². The number of benzene rings is 1. The van der Waals surface area contributed by atoms with Crippen LogP contribution < -0.4 is 9.47 Å². The quantitative estimate of drug-likeness (QED) is 0.789. The lowest BCUT2D eigenvalue weighted by molar-refractivity contribution is 0.0520. The van der Waals surface area contributed by atoms with Crippen molar-refractivity contribution in [3.63, 3.8) is 0 Å². The fourth-order valence-corrected chi connectivity index (χ4v) is 1.83. The van der Waals surface area contributed by atoms with Gasteiger partial charge in [0.2, 0.25) is 6.79 Å². The molecule has 0 amide bonds. The first-order valence-corrected chi connectivity index (χ1v) is 5.80. The van der Waals surface area contributed by atoms with Gasteiger partial charge in [-0.2, -0.15) is 0 Å². The van der Waals surface area contributed by atoms with E-state index in [1.165, 1.54) is 6.39 Å². The summed E-state index contributed by atoms with van der Waals surface area (Å²) in [6, 6.07) is 5.28. The molecular formula is C13H11NO5. The van der Waals surface area contributed by atoms with Crippen LogP contribution in [0.5, 0.6) is 11.5 Å². The van der Waals surface area contributed by atoms with Gasteiger partial charge in [-0.1, -0.05) is 0 Å². The maximum atomic E-state index is 11.7. The third kappa shape index (κ3) is 2.01. The molecule has 98 valence electrons. The molecule has 0 aliphatic carbocycles. The molecule has 3 rings (SSSR count). The Morgan fingerprint density at radius 1 is 1.37 bits per heavy atom. The highest BCUT2D eigenvalue weighted by atomic mass is 16.7. The number of ether oxygens (including phenoxy) is 3. The largest absolute Gasteiger partial charge is 0.461 e. The summed E-state index contributed by atoms with van der Waals surface area (Å²) < 4.78 is 20.7. The maximum Gasteiger partial charge on any atom is 0.360 e. The Kier molecular flexibility index (Phi) is 2.83. The first-order valence-electron chi connectivity index (χ1n) is 5.80. The van der Waals surface area contributed by atoms with E-state index in [2.05, 4.69) is 4.98 Å². The molecule has 0 N–H and O–H groups in total. The van der Waals surface area contributed by atoms with Gasteiger partial charge in [0.25, 0.3) is 0 Å². The van der Waals surface area contributed by atoms with Crippen molar-refractivity contribution < 1.29 is 23.4 Å². The summed E-state index contributed by atoms with van der Waals surface area (Å²) in [6.45, 7) is 2.21. The van der Waals surface area contributed by atoms with Crippen molar-refractivity contribution in [1.82, 2.24) is 4.98 Å². The van der Waals surface area contributed by atoms with Gasteiger partial charge in [0, 0.05) is 5.56 Å². The molecule has 0 unspecified atom stereocenters. The minimum absolute atomic E-state index is 0.153. The SMILES string of the molecule is CCOC(=O)c1ncoc1-c1ccc2c(c1)OCO2. The zero-order chi connectivity index (χ0) is 13.2. The number of hydrogen-bond donors (Lipinski definition) is 0. The van der Waals surface area contributed by atoms with Gasteiger partial charge in [-0.05, 0) is 25.1 Å². The fraction of sp³-hybridized carbons (Fsp3) is 0.231. The second-order valence-corrected chi connectivity index (χ2v) is 3.82. The first-order chi connectivity index (χ1) is 9.29. The molecule has 1 aromatic heterocycles. The van der Waals surface area contributed by atoms with E-state index >= 15 is 0 Å². The Labute approximate surface area is 108 Å². The monoisotopic (exact) mass is 261 g/mol. The van der Waals surface area contributed by atoms with Crippen molar-refractivity contribution in [3.8, 4) is 22.8 Å². The smallest absolute Gasteiger partial charge is 0.360 e. The number of nitrogens with zero attached hydrogens (tertiary/aromatic N) is 1. The van der Waals surface area contributed by atoms with E-state index in [1.54, 1.807) is 25.1 Å². The van der Waals surface area contributed by atoms with E-state index in [4.69, 9.17) is 18.6 Å². The number of oxazole rings is 1. The molecule has 0 bridgehead atoms. The van der Waals surface area contributed by atoms with Crippen LogP contribution in [-0.2, 0) is 4.74 Å². The number of rotatable bonds is 3. The van der Waals surface area contributed by atoms with Crippen LogP contribution in [-0.4, -0.2) is 24.4 Å². The van der Waals surface area contributed by atoms with Crippen LogP contribution in [0.4, 0.5) is 0 Å². The van der Waals surface area contributed by atoms with Crippen molar-refractivity contribution in [2.75, 3.05) is 13.4 Å². The van der Waals surface area contributed by atoms with Gasteiger partial charge >= 0.3 is 5.97 Å². The average molecular weight is 261 g/mol. The van der Waals surface area contributed by atoms with Gasteiger partial charge in [-0.25, -0.2) is 9.78 Å². The molecule has 6 nitrogen and oxygen atoms in total. The molecule has 0 fully saturated rings. The van der Waals surface area contributed by atoms with E-state index in [0.29, 0.717) is 22.8 Å². The molecule has 0 saturated carbocycles. The van der Waals surface area contributed by atoms with Gasteiger partial charge in [0.05, 0.1) is 6.61 Å². The predicted octanol–water partition coefficient (Wildman–Crippen LogP) is 2.25. The van der Waals surface area contributed by atoms with E-state index < -0.39 is 5.97 Å². The molecule has 1 aliphatic heterocycles. The van der Waals surface area contributed by atoms with Crippen molar-refractivity contribution in [2.24, 2.45) is 0 Å². The molecule has 6 heteroatoms. The topological polar surface area (TPSA) is 70.8 Å². The van der Waals surface area contributed by atoms with Crippen LogP contribution in [0.25, 0.3) is 11.3 Å². The molecule has 0 saturated heterocycles. The average Bonchev–Trinajstić information content (AvgIpc) is 3.07. The van der Waals surface area contributed by atoms with Crippen LogP contribution >= 0.6 is 0 Å². The van der Waals surface area contributed by atoms with Crippen LogP contribution in [0.2, 0.25) is 0 Å². The van der Waals surface area contributed by atoms with Gasteiger partial charge in [-0.15, -0.1) is 0 Å². The molecule has 1 aromatic carbocycles. The summed E-state index contributed by atoms with van der Waals surface area (Å²) in [6.07, 6.45) is 1.21. The standard InChI is InChI=1S/C13H11NO5/c1-2-16-13(15)11-12(17-6-14-11)8-3-4-9-10(5-8)19-7-18-9/h3-6H,2,7H2,1H3. The number of carbonyl (C=O) groups is 1. The predicted molar refractivity (Wildman–Crippen MR) is 64.0 cm³/mol. The number of aromatic nitrogens is 1. The van der Waals surface area contributed by atoms with Gasteiger partial charge < -0.3 is 18.6 Å². The fourth-order valence-electron chi connectivity index (χ4n) is 1.83. The highest BCUT2D eigenvalue weighted by molar-refractivity contribution is 5.93. The Balaban J connectivity index is 1.99. The Bertz CT molecular complexity index is 619. The summed E-state index contributed by atoms with van der Waals surface area (Å²) in [5.41, 5.74) is 0.838. The number of hydrogen-bond acceptors (Lipinski definition) is 6. The van der Waals surface area contributed by atoms with E-state index in [1.807, 2.05) is 0 Å². The maximum absolute atomic E-state index is 11.7. The summed E-state index contributed by atoms with van der Waals surface area (Å²) in [5.74, 6) is 1.13. The van der Waals surface area contributed by atoms with Gasteiger partial charge in [0.1, 0.15) is 0 Å². The second kappa shape index (κ2) is 4.64. The number of esters is 1. The lowest BCUT2D eigenvalue weighted by Crippen LogP contribution is -2.06. The molecule has 2 aromatic rings. The summed E-state index contributed by atoms with van der Waals surface area (Å²) in [7, 11) is 0. The zero-order valence-corrected chi connectivity index (χ0v) is 10.2. The summed E-state index contributed by atoms with van der Waals surface area (Å²) in [4.78, 5) is 15.6. The molecule has 0 radical (unpaired) electrons. The molecular weight excluding hydrogens is 250 g/mol. The van der Waals surface area contributed by atoms with Crippen molar-refractivity contribution in [3.05, 3.63) is 30.3 Å². The molecule has 0 atom stereocenters. The molecule has 0 spiro atoms. The van der Waals surface area contributed by atoms with Crippen molar-refractivity contribution >= 4 is 5.97 Å². The Hall–Kier alpha value is -2.50. The number of fused-ring (bicyclic) bond motifs is 1. The van der Waals surface area contributed by atoms with E-state index in [-0.39, 0.29) is 19.1 Å². The van der Waals surface area contributed by atoms with Crippen molar-refractivity contribution in [2.45, 2.75) is 6.92 Å². The lowest BCUT2D eigenvalue weighted by atomic mass is 10.1. The first kappa shape index (κ1) is 11.6. The molecule has 19 heavy (non-hydrogen) atoms. The normalized spacial score (nSPS) is 12.5. The third-order valence-corrected chi connectivity index (χ3v) is 2.67. The summed E-state index contributed by atoms with van der Waals surface area (Å²) >= 11 is 0. The highest BCUT2D eigenvalue weighted by Gasteiger charge is 2.22. The molecule has 2 heterocycles. The van der Waals surface area contributed by atoms with Crippen LogP contribution in [0, 0.1) is 0 Å². The second-order valence-electron chi connectivity index (χ2n) is 3.82. The highest BCUT2D eigenvalue weighted by Crippen LogP contribution is 2.36. The van der Waals surface area contributed by atoms with Crippen LogP contribution in [0.1, 0.15) is 17.4 Å². The minimum atomic E-state index is -0.510. The van der Waals surface area contributed by atoms with E-state index in [9.17, 15) is 4.79 Å². The van der Waals surface area contributed by atoms with Gasteiger partial charge in [-0.3, -0.25) is 0 Å². The third-order valence-electron chi connectivity index (χ3n) is 2.67. The van der Waals surface area contributed by atoms with Gasteiger partial charge in [0.15, 0.2) is 29.3 Å². The Morgan fingerprint density at radius 3 is 3.05 bits per heavy atom. The van der Waals surface area contributed by atoms with Crippen LogP contribution in [0.15, 0.2) is 29.0 Å². The zero-order valence-electron chi connectivity index (χ0n) is 10.2. The Morgan fingerprint density at radius 2 is 2.21 bits per heavy atom. The molecule has 1 aliphatic rings. The van der Waals surface area contributed by atoms with E-state index in [0.717, 1.165) is 0 Å². The minimum Gasteiger partial charge on any atom is -0.461 e. The lowest BCUT2D eigenvalue weighted by Gasteiger charge is -2.02. The van der Waals surface area contributed by atoms with Crippen LogP contribution in [0.3, 0.4) is 0 Å². The summed E-state index contributed by atoms with van der Waals surface area (Å²) in [5, 5.41) is 0. The number of carbonyl (C=O) groups excluding carboxylic acids is 1.